The van der Waals surface area contributed by atoms with Gasteiger partial charge in [0.05, 0.1) is 12.0 Å². The molecule has 1 unspecified atom stereocenters. The number of nitrogens with zero attached hydrogens (tertiary/aromatic N) is 2. The molecule has 1 fully saturated rings. The summed E-state index contributed by atoms with van der Waals surface area (Å²) in [6.45, 7) is 8.60. The second-order valence-corrected chi connectivity index (χ2v) is 5.20. The topological polar surface area (TPSA) is 27.0 Å². The number of rotatable bonds is 5. The fraction of sp³-hybridized carbons (Fsp3) is 0.929. The minimum absolute atomic E-state index is 0.170. The van der Waals surface area contributed by atoms with Crippen LogP contribution in [0.2, 0.25) is 0 Å². The highest BCUT2D eigenvalue weighted by atomic mass is 15.1. The molecule has 1 saturated carbocycles. The Morgan fingerprint density at radius 1 is 1.25 bits per heavy atom. The zero-order valence-corrected chi connectivity index (χ0v) is 11.1. The summed E-state index contributed by atoms with van der Waals surface area (Å²) in [4.78, 5) is 2.51. The van der Waals surface area contributed by atoms with Crippen LogP contribution in [0.25, 0.3) is 0 Å². The van der Waals surface area contributed by atoms with Crippen molar-refractivity contribution < 1.29 is 0 Å². The van der Waals surface area contributed by atoms with Gasteiger partial charge in [-0.05, 0) is 45.1 Å². The maximum absolute atomic E-state index is 8.88. The quantitative estimate of drug-likeness (QED) is 0.712. The van der Waals surface area contributed by atoms with E-state index in [0.29, 0.717) is 0 Å². The average molecular weight is 222 g/mol. The number of hydrogen-bond acceptors (Lipinski definition) is 2. The van der Waals surface area contributed by atoms with Crippen LogP contribution in [-0.2, 0) is 0 Å². The molecular formula is C14H26N2. The molecule has 0 aliphatic heterocycles. The molecule has 0 spiro atoms. The Bertz CT molecular complexity index is 223. The Kier molecular flexibility index (Phi) is 5.84. The average Bonchev–Trinajstić information content (AvgIpc) is 2.35. The van der Waals surface area contributed by atoms with Crippen LogP contribution in [0.15, 0.2) is 0 Å². The fourth-order valence-electron chi connectivity index (χ4n) is 2.85. The van der Waals surface area contributed by atoms with Crippen LogP contribution in [-0.4, -0.2) is 24.0 Å². The predicted octanol–water partition coefficient (Wildman–Crippen LogP) is 3.44. The Hall–Kier alpha value is -0.550. The molecule has 1 aliphatic carbocycles. The van der Waals surface area contributed by atoms with Crippen molar-refractivity contribution in [3.05, 3.63) is 0 Å². The maximum Gasteiger partial charge on any atom is 0.0666 e. The molecule has 92 valence electrons. The van der Waals surface area contributed by atoms with Gasteiger partial charge in [0.25, 0.3) is 0 Å². The van der Waals surface area contributed by atoms with Crippen molar-refractivity contribution in [2.45, 2.75) is 58.9 Å². The van der Waals surface area contributed by atoms with Gasteiger partial charge in [-0.25, -0.2) is 0 Å². The summed E-state index contributed by atoms with van der Waals surface area (Å²) in [7, 11) is 0. The van der Waals surface area contributed by atoms with E-state index < -0.39 is 0 Å². The van der Waals surface area contributed by atoms with Gasteiger partial charge < -0.3 is 0 Å². The van der Waals surface area contributed by atoms with Gasteiger partial charge in [-0.15, -0.1) is 0 Å². The molecule has 0 amide bonds. The van der Waals surface area contributed by atoms with Gasteiger partial charge in [0.1, 0.15) is 0 Å². The van der Waals surface area contributed by atoms with Gasteiger partial charge in [0.2, 0.25) is 0 Å². The zero-order valence-electron chi connectivity index (χ0n) is 11.1. The van der Waals surface area contributed by atoms with Gasteiger partial charge in [-0.2, -0.15) is 5.26 Å². The Morgan fingerprint density at radius 3 is 2.31 bits per heavy atom. The van der Waals surface area contributed by atoms with Gasteiger partial charge in [-0.3, -0.25) is 4.90 Å². The Balaban J connectivity index is 2.40. The van der Waals surface area contributed by atoms with E-state index in [-0.39, 0.29) is 5.92 Å². The van der Waals surface area contributed by atoms with E-state index in [1.54, 1.807) is 0 Å². The van der Waals surface area contributed by atoms with Crippen molar-refractivity contribution in [3.63, 3.8) is 0 Å². The summed E-state index contributed by atoms with van der Waals surface area (Å²) in [6.07, 6.45) is 6.79. The van der Waals surface area contributed by atoms with Gasteiger partial charge >= 0.3 is 0 Å². The predicted molar refractivity (Wildman–Crippen MR) is 68.1 cm³/mol. The SMILES string of the molecule is CCC1CCC(N(CC)CC(C)C#N)CC1. The van der Waals surface area contributed by atoms with Crippen LogP contribution in [0, 0.1) is 23.2 Å². The molecule has 0 aromatic rings. The van der Waals surface area contributed by atoms with E-state index in [1.807, 2.05) is 6.92 Å². The van der Waals surface area contributed by atoms with Crippen LogP contribution >= 0.6 is 0 Å². The van der Waals surface area contributed by atoms with Crippen molar-refractivity contribution >= 4 is 0 Å². The third-order valence-electron chi connectivity index (χ3n) is 4.04. The van der Waals surface area contributed by atoms with Crippen molar-refractivity contribution in [1.29, 1.82) is 5.26 Å². The van der Waals surface area contributed by atoms with Crippen LogP contribution in [0.5, 0.6) is 0 Å². The van der Waals surface area contributed by atoms with E-state index in [2.05, 4.69) is 24.8 Å². The summed E-state index contributed by atoms with van der Waals surface area (Å²) in [5, 5.41) is 8.88. The van der Waals surface area contributed by atoms with Gasteiger partial charge in [-0.1, -0.05) is 20.3 Å². The Labute approximate surface area is 101 Å². The Morgan fingerprint density at radius 2 is 1.88 bits per heavy atom. The van der Waals surface area contributed by atoms with Gasteiger partial charge in [0, 0.05) is 12.6 Å². The minimum Gasteiger partial charge on any atom is -0.299 e. The molecule has 2 heteroatoms. The third kappa shape index (κ3) is 3.79. The van der Waals surface area contributed by atoms with Crippen LogP contribution in [0.1, 0.15) is 52.9 Å². The highest BCUT2D eigenvalue weighted by Crippen LogP contribution is 2.29. The number of nitriles is 1. The van der Waals surface area contributed by atoms with Crippen LogP contribution in [0.3, 0.4) is 0 Å². The third-order valence-corrected chi connectivity index (χ3v) is 4.04. The lowest BCUT2D eigenvalue weighted by Crippen LogP contribution is -2.40. The summed E-state index contributed by atoms with van der Waals surface area (Å²) in [5.74, 6) is 1.13. The highest BCUT2D eigenvalue weighted by molar-refractivity contribution is 4.85. The molecule has 1 rings (SSSR count). The first-order chi connectivity index (χ1) is 7.71. The summed E-state index contributed by atoms with van der Waals surface area (Å²) >= 11 is 0. The second kappa shape index (κ2) is 6.91. The second-order valence-electron chi connectivity index (χ2n) is 5.20. The molecule has 16 heavy (non-hydrogen) atoms. The molecule has 0 bridgehead atoms. The molecule has 0 aromatic heterocycles. The standard InChI is InChI=1S/C14H26N2/c1-4-13-6-8-14(9-7-13)16(5-2)11-12(3)10-15/h12-14H,4-9,11H2,1-3H3. The summed E-state index contributed by atoms with van der Waals surface area (Å²) in [6, 6.07) is 3.09. The summed E-state index contributed by atoms with van der Waals surface area (Å²) < 4.78 is 0. The lowest BCUT2D eigenvalue weighted by molar-refractivity contribution is 0.132. The molecular weight excluding hydrogens is 196 g/mol. The molecule has 1 atom stereocenters. The van der Waals surface area contributed by atoms with E-state index >= 15 is 0 Å². The van der Waals surface area contributed by atoms with Crippen molar-refractivity contribution in [2.75, 3.05) is 13.1 Å². The largest absolute Gasteiger partial charge is 0.299 e. The molecule has 1 aliphatic rings. The van der Waals surface area contributed by atoms with E-state index in [9.17, 15) is 0 Å². The zero-order chi connectivity index (χ0) is 12.0. The highest BCUT2D eigenvalue weighted by Gasteiger charge is 2.24. The fourth-order valence-corrected chi connectivity index (χ4v) is 2.85. The molecule has 0 aromatic carbocycles. The van der Waals surface area contributed by atoms with Crippen LogP contribution in [0.4, 0.5) is 0 Å². The van der Waals surface area contributed by atoms with Crippen molar-refractivity contribution in [3.8, 4) is 6.07 Å². The van der Waals surface area contributed by atoms with E-state index in [1.165, 1.54) is 32.1 Å². The van der Waals surface area contributed by atoms with E-state index in [4.69, 9.17) is 5.26 Å². The van der Waals surface area contributed by atoms with Crippen molar-refractivity contribution in [1.82, 2.24) is 4.90 Å². The first-order valence-electron chi connectivity index (χ1n) is 6.84. The molecule has 0 heterocycles. The smallest absolute Gasteiger partial charge is 0.0666 e. The lowest BCUT2D eigenvalue weighted by atomic mass is 9.84. The number of hydrogen-bond donors (Lipinski definition) is 0. The monoisotopic (exact) mass is 222 g/mol. The molecule has 0 radical (unpaired) electrons. The maximum atomic E-state index is 8.88. The van der Waals surface area contributed by atoms with Gasteiger partial charge in [0.15, 0.2) is 0 Å². The molecule has 0 saturated heterocycles. The molecule has 2 nitrogen and oxygen atoms in total. The minimum atomic E-state index is 0.170. The first-order valence-corrected chi connectivity index (χ1v) is 6.84. The first kappa shape index (κ1) is 13.5. The summed E-state index contributed by atoms with van der Waals surface area (Å²) in [5.41, 5.74) is 0. The molecule has 0 N–H and O–H groups in total. The lowest BCUT2D eigenvalue weighted by Gasteiger charge is -2.36. The van der Waals surface area contributed by atoms with E-state index in [0.717, 1.165) is 25.0 Å². The van der Waals surface area contributed by atoms with Crippen molar-refractivity contribution in [2.24, 2.45) is 11.8 Å². The van der Waals surface area contributed by atoms with Crippen LogP contribution < -0.4 is 0 Å². The normalized spacial score (nSPS) is 27.7.